The number of anilines is 1. The van der Waals surface area contributed by atoms with Crippen molar-refractivity contribution < 1.29 is 9.59 Å². The zero-order valence-corrected chi connectivity index (χ0v) is 20.5. The molecular weight excluding hydrogens is 478 g/mol. The van der Waals surface area contributed by atoms with Crippen molar-refractivity contribution >= 4 is 41.0 Å². The monoisotopic (exact) mass is 503 g/mol. The number of aromatic nitrogens is 2. The first kappa shape index (κ1) is 23.6. The van der Waals surface area contributed by atoms with Gasteiger partial charge >= 0.3 is 0 Å². The number of nitrogens with one attached hydrogen (secondary N) is 2. The Kier molecular flexibility index (Phi) is 6.73. The van der Waals surface area contributed by atoms with Crippen molar-refractivity contribution in [2.75, 3.05) is 38.5 Å². The molecule has 36 heavy (non-hydrogen) atoms. The molecule has 1 atom stereocenters. The molecule has 1 fully saturated rings. The van der Waals surface area contributed by atoms with Gasteiger partial charge in [0.15, 0.2) is 6.29 Å². The van der Waals surface area contributed by atoms with Gasteiger partial charge in [0, 0.05) is 61.4 Å². The summed E-state index contributed by atoms with van der Waals surface area (Å²) < 4.78 is 0. The Morgan fingerprint density at radius 2 is 1.64 bits per heavy atom. The molecule has 2 aromatic carbocycles. The van der Waals surface area contributed by atoms with Gasteiger partial charge in [0.25, 0.3) is 11.8 Å². The number of imidazole rings is 1. The summed E-state index contributed by atoms with van der Waals surface area (Å²) in [4.78, 5) is 42.3. The second kappa shape index (κ2) is 10.2. The van der Waals surface area contributed by atoms with E-state index in [9.17, 15) is 9.59 Å². The standard InChI is InChI=1S/C26H26ClN7O2/c1-32-23(18-2-6-20(27)7-3-18)10-11-29-26(32)31-21-8-4-19(5-9-21)24(35)33-12-14-34(15-13-33)25(36)22-16-28-17-30-22/h2-11,16-17,26,31H,12-15H2,1H3,(H,28,30). The third kappa shape index (κ3) is 4.96. The fourth-order valence-corrected chi connectivity index (χ4v) is 4.42. The average molecular weight is 504 g/mol. The number of carbonyl (C=O) groups excluding carboxylic acids is 2. The molecule has 0 bridgehead atoms. The van der Waals surface area contributed by atoms with E-state index < -0.39 is 0 Å². The van der Waals surface area contributed by atoms with Crippen molar-refractivity contribution in [3.05, 3.63) is 89.0 Å². The zero-order chi connectivity index (χ0) is 25.1. The molecule has 3 aromatic rings. The number of hydrogen-bond acceptors (Lipinski definition) is 6. The summed E-state index contributed by atoms with van der Waals surface area (Å²) in [5.74, 6) is -0.143. The van der Waals surface area contributed by atoms with Crippen molar-refractivity contribution in [3.63, 3.8) is 0 Å². The van der Waals surface area contributed by atoms with Gasteiger partial charge in [-0.2, -0.15) is 0 Å². The minimum Gasteiger partial charge on any atom is -0.347 e. The number of carbonyl (C=O) groups is 2. The number of halogens is 1. The largest absolute Gasteiger partial charge is 0.347 e. The summed E-state index contributed by atoms with van der Waals surface area (Å²) in [6.07, 6.45) is 6.46. The predicted octanol–water partition coefficient (Wildman–Crippen LogP) is 3.41. The number of benzene rings is 2. The lowest BCUT2D eigenvalue weighted by atomic mass is 10.1. The topological polar surface area (TPSA) is 96.9 Å². The summed E-state index contributed by atoms with van der Waals surface area (Å²) in [5.41, 5.74) is 3.99. The number of piperazine rings is 1. The molecular formula is C26H26ClN7O2. The Bertz CT molecular complexity index is 1280. The smallest absolute Gasteiger partial charge is 0.272 e. The van der Waals surface area contributed by atoms with Crippen LogP contribution in [-0.2, 0) is 0 Å². The van der Waals surface area contributed by atoms with E-state index in [4.69, 9.17) is 11.6 Å². The maximum atomic E-state index is 13.0. The maximum Gasteiger partial charge on any atom is 0.272 e. The molecule has 10 heteroatoms. The van der Waals surface area contributed by atoms with Gasteiger partial charge in [-0.25, -0.2) is 9.98 Å². The van der Waals surface area contributed by atoms with E-state index in [2.05, 4.69) is 20.3 Å². The quantitative estimate of drug-likeness (QED) is 0.556. The molecule has 2 aliphatic heterocycles. The lowest BCUT2D eigenvalue weighted by molar-refractivity contribution is 0.0532. The number of rotatable bonds is 5. The Hall–Kier alpha value is -4.11. The Labute approximate surface area is 214 Å². The minimum absolute atomic E-state index is 0.0454. The lowest BCUT2D eigenvalue weighted by Gasteiger charge is -2.34. The van der Waals surface area contributed by atoms with Gasteiger partial charge in [0.1, 0.15) is 5.69 Å². The molecule has 184 valence electrons. The van der Waals surface area contributed by atoms with Crippen LogP contribution in [0.25, 0.3) is 5.70 Å². The van der Waals surface area contributed by atoms with Crippen molar-refractivity contribution in [3.8, 4) is 0 Å². The van der Waals surface area contributed by atoms with Gasteiger partial charge < -0.3 is 25.0 Å². The van der Waals surface area contributed by atoms with Crippen molar-refractivity contribution in [2.45, 2.75) is 6.29 Å². The van der Waals surface area contributed by atoms with E-state index >= 15 is 0 Å². The van der Waals surface area contributed by atoms with Gasteiger partial charge in [0.2, 0.25) is 0 Å². The highest BCUT2D eigenvalue weighted by Gasteiger charge is 2.26. The first-order valence-corrected chi connectivity index (χ1v) is 12.0. The molecule has 1 unspecified atom stereocenters. The van der Waals surface area contributed by atoms with E-state index in [-0.39, 0.29) is 18.1 Å². The van der Waals surface area contributed by atoms with Crippen molar-refractivity contribution in [1.29, 1.82) is 0 Å². The first-order chi connectivity index (χ1) is 17.5. The van der Waals surface area contributed by atoms with Crippen LogP contribution in [0.15, 0.2) is 72.1 Å². The molecule has 0 aliphatic carbocycles. The van der Waals surface area contributed by atoms with Crippen molar-refractivity contribution in [1.82, 2.24) is 24.7 Å². The fourth-order valence-electron chi connectivity index (χ4n) is 4.30. The van der Waals surface area contributed by atoms with Gasteiger partial charge in [-0.3, -0.25) is 9.59 Å². The van der Waals surface area contributed by atoms with E-state index in [1.807, 2.05) is 66.6 Å². The second-order valence-corrected chi connectivity index (χ2v) is 9.05. The second-order valence-electron chi connectivity index (χ2n) is 8.61. The Morgan fingerprint density at radius 1 is 0.972 bits per heavy atom. The number of allylic oxidation sites excluding steroid dienone is 1. The van der Waals surface area contributed by atoms with Crippen molar-refractivity contribution in [2.24, 2.45) is 4.99 Å². The first-order valence-electron chi connectivity index (χ1n) is 11.7. The molecule has 3 heterocycles. The molecule has 1 aromatic heterocycles. The summed E-state index contributed by atoms with van der Waals surface area (Å²) in [6.45, 7) is 1.94. The Morgan fingerprint density at radius 3 is 2.28 bits per heavy atom. The molecule has 1 saturated heterocycles. The maximum absolute atomic E-state index is 13.0. The number of H-pyrrole nitrogens is 1. The predicted molar refractivity (Wildman–Crippen MR) is 140 cm³/mol. The number of hydrogen-bond donors (Lipinski definition) is 2. The normalized spacial score (nSPS) is 17.7. The highest BCUT2D eigenvalue weighted by Crippen LogP contribution is 2.25. The van der Waals surface area contributed by atoms with Crippen LogP contribution in [0.5, 0.6) is 0 Å². The van der Waals surface area contributed by atoms with Crippen LogP contribution >= 0.6 is 11.6 Å². The fraction of sp³-hybridized carbons (Fsp3) is 0.231. The van der Waals surface area contributed by atoms with Crippen LogP contribution in [0, 0.1) is 0 Å². The Balaban J connectivity index is 1.17. The van der Waals surface area contributed by atoms with E-state index in [1.54, 1.807) is 16.0 Å². The molecule has 2 aliphatic rings. The zero-order valence-electron chi connectivity index (χ0n) is 19.8. The summed E-state index contributed by atoms with van der Waals surface area (Å²) in [5, 5.41) is 4.10. The average Bonchev–Trinajstić information content (AvgIpc) is 3.45. The summed E-state index contributed by atoms with van der Waals surface area (Å²) in [7, 11) is 1.98. The minimum atomic E-state index is -0.289. The van der Waals surface area contributed by atoms with Crippen LogP contribution in [0.3, 0.4) is 0 Å². The van der Waals surface area contributed by atoms with E-state index in [1.165, 1.54) is 12.5 Å². The molecule has 2 amide bonds. The molecule has 9 nitrogen and oxygen atoms in total. The summed E-state index contributed by atoms with van der Waals surface area (Å²) >= 11 is 6.03. The van der Waals surface area contributed by atoms with Crippen LogP contribution in [0.1, 0.15) is 26.4 Å². The van der Waals surface area contributed by atoms with Crippen LogP contribution in [-0.4, -0.2) is 82.2 Å². The van der Waals surface area contributed by atoms with Gasteiger partial charge in [-0.1, -0.05) is 23.7 Å². The van der Waals surface area contributed by atoms with Crippen LogP contribution in [0.4, 0.5) is 5.69 Å². The third-order valence-electron chi connectivity index (χ3n) is 6.36. The van der Waals surface area contributed by atoms with Crippen LogP contribution < -0.4 is 5.32 Å². The van der Waals surface area contributed by atoms with Gasteiger partial charge in [0.05, 0.1) is 12.5 Å². The molecule has 2 N–H and O–H groups in total. The highest BCUT2D eigenvalue weighted by molar-refractivity contribution is 6.30. The number of aliphatic imine (C=N–C) groups is 1. The molecule has 0 saturated carbocycles. The van der Waals surface area contributed by atoms with Gasteiger partial charge in [-0.15, -0.1) is 0 Å². The number of aromatic amines is 1. The molecule has 0 spiro atoms. The number of nitrogens with zero attached hydrogens (tertiary/aromatic N) is 5. The van der Waals surface area contributed by atoms with Gasteiger partial charge in [-0.05, 0) is 48.0 Å². The molecule has 5 rings (SSSR count). The SMILES string of the molecule is CN1C(c2ccc(Cl)cc2)=CC=NC1Nc1ccc(C(=O)N2CCN(C(=O)c3cnc[nH]3)CC2)cc1. The lowest BCUT2D eigenvalue weighted by Crippen LogP contribution is -2.50. The van der Waals surface area contributed by atoms with E-state index in [0.717, 1.165) is 16.9 Å². The third-order valence-corrected chi connectivity index (χ3v) is 6.61. The number of amides is 2. The summed E-state index contributed by atoms with van der Waals surface area (Å²) in [6, 6.07) is 15.1. The highest BCUT2D eigenvalue weighted by atomic mass is 35.5. The molecule has 0 radical (unpaired) electrons. The van der Waals surface area contributed by atoms with Crippen LogP contribution in [0.2, 0.25) is 5.02 Å². The van der Waals surface area contributed by atoms with E-state index in [0.29, 0.717) is 42.5 Å².